The summed E-state index contributed by atoms with van der Waals surface area (Å²) in [6.45, 7) is 4.11. The molecule has 0 heterocycles. The molecule has 0 aromatic heterocycles. The van der Waals surface area contributed by atoms with Crippen molar-refractivity contribution < 1.29 is 23.9 Å². The highest BCUT2D eigenvalue weighted by Gasteiger charge is 2.14. The van der Waals surface area contributed by atoms with Gasteiger partial charge in [-0.05, 0) is 51.9 Å². The number of carbonyl (C=O) groups is 4. The molecule has 0 rings (SSSR count). The van der Waals surface area contributed by atoms with Gasteiger partial charge < -0.3 is 20.7 Å². The van der Waals surface area contributed by atoms with Crippen molar-refractivity contribution in [3.05, 3.63) is 85.1 Å². The topological polar surface area (TPSA) is 114 Å². The van der Waals surface area contributed by atoms with Crippen LogP contribution >= 0.6 is 0 Å². The highest BCUT2D eigenvalue weighted by molar-refractivity contribution is 5.94. The number of carbonyl (C=O) groups excluding carboxylic acids is 4. The zero-order valence-electron chi connectivity index (χ0n) is 24.3. The summed E-state index contributed by atoms with van der Waals surface area (Å²) in [5.74, 6) is -1.66. The third-order valence-electron chi connectivity index (χ3n) is 5.20. The van der Waals surface area contributed by atoms with Gasteiger partial charge in [-0.1, -0.05) is 79.8 Å². The number of allylic oxidation sites excluding steroid dienone is 12. The first-order valence-corrected chi connectivity index (χ1v) is 13.9. The van der Waals surface area contributed by atoms with E-state index in [1.165, 1.54) is 7.11 Å². The van der Waals surface area contributed by atoms with Crippen molar-refractivity contribution in [2.24, 2.45) is 0 Å². The molecule has 220 valence electrons. The molecule has 0 aromatic carbocycles. The van der Waals surface area contributed by atoms with Crippen molar-refractivity contribution in [2.75, 3.05) is 20.2 Å². The average molecular weight is 554 g/mol. The van der Waals surface area contributed by atoms with Crippen LogP contribution in [0.3, 0.4) is 0 Å². The molecule has 0 saturated heterocycles. The van der Waals surface area contributed by atoms with Crippen LogP contribution in [0.1, 0.15) is 65.2 Å². The summed E-state index contributed by atoms with van der Waals surface area (Å²) in [5.41, 5.74) is 0. The maximum absolute atomic E-state index is 12.1. The van der Waals surface area contributed by atoms with E-state index >= 15 is 0 Å². The zero-order valence-corrected chi connectivity index (χ0v) is 24.3. The quantitative estimate of drug-likeness (QED) is 0.0807. The molecular formula is C32H47N3O5. The fourth-order valence-corrected chi connectivity index (χ4v) is 3.03. The summed E-state index contributed by atoms with van der Waals surface area (Å²) in [6, 6.07) is -0.687. The Kier molecular flexibility index (Phi) is 24.0. The van der Waals surface area contributed by atoms with Gasteiger partial charge in [0, 0.05) is 31.7 Å². The van der Waals surface area contributed by atoms with Crippen molar-refractivity contribution in [1.29, 1.82) is 0 Å². The van der Waals surface area contributed by atoms with Gasteiger partial charge in [-0.2, -0.15) is 0 Å². The molecule has 0 aliphatic heterocycles. The molecule has 8 nitrogen and oxygen atoms in total. The maximum atomic E-state index is 12.1. The van der Waals surface area contributed by atoms with Gasteiger partial charge in [-0.25, -0.2) is 4.79 Å². The van der Waals surface area contributed by atoms with E-state index in [9.17, 15) is 19.2 Å². The summed E-state index contributed by atoms with van der Waals surface area (Å²) in [6.07, 6.45) is 34.3. The van der Waals surface area contributed by atoms with E-state index in [2.05, 4.69) is 88.4 Å². The molecule has 8 heteroatoms. The Hall–Kier alpha value is -3.94. The van der Waals surface area contributed by atoms with Crippen LogP contribution in [0, 0.1) is 0 Å². The molecule has 0 unspecified atom stereocenters. The van der Waals surface area contributed by atoms with E-state index in [0.29, 0.717) is 12.8 Å². The molecule has 0 aliphatic carbocycles. The van der Waals surface area contributed by atoms with E-state index in [1.807, 2.05) is 12.2 Å². The van der Waals surface area contributed by atoms with Crippen LogP contribution in [0.2, 0.25) is 0 Å². The molecule has 1 atom stereocenters. The first-order chi connectivity index (χ1) is 19.4. The van der Waals surface area contributed by atoms with Gasteiger partial charge in [-0.3, -0.25) is 14.4 Å². The largest absolute Gasteiger partial charge is 0.466 e. The lowest BCUT2D eigenvalue weighted by atomic mass is 10.2. The predicted molar refractivity (Wildman–Crippen MR) is 162 cm³/mol. The number of hydrogen-bond donors (Lipinski definition) is 3. The van der Waals surface area contributed by atoms with Crippen LogP contribution in [-0.4, -0.2) is 49.9 Å². The highest BCUT2D eigenvalue weighted by Crippen LogP contribution is 1.98. The number of methoxy groups -OCH3 is 1. The molecular weight excluding hydrogens is 506 g/mol. The number of ether oxygens (including phenoxy) is 1. The van der Waals surface area contributed by atoms with Gasteiger partial charge in [-0.15, -0.1) is 0 Å². The molecule has 0 fully saturated rings. The van der Waals surface area contributed by atoms with Crippen LogP contribution in [-0.2, 0) is 23.9 Å². The average Bonchev–Trinajstić information content (AvgIpc) is 2.94. The van der Waals surface area contributed by atoms with Gasteiger partial charge in [0.25, 0.3) is 0 Å². The summed E-state index contributed by atoms with van der Waals surface area (Å²) in [5, 5.41) is 7.81. The van der Waals surface area contributed by atoms with Crippen LogP contribution in [0.5, 0.6) is 0 Å². The van der Waals surface area contributed by atoms with E-state index < -0.39 is 17.9 Å². The molecule has 0 aliphatic rings. The van der Waals surface area contributed by atoms with Gasteiger partial charge in [0.05, 0.1) is 7.11 Å². The van der Waals surface area contributed by atoms with Crippen molar-refractivity contribution in [2.45, 2.75) is 71.3 Å². The minimum atomic E-state index is -0.687. The first kappa shape index (κ1) is 36.1. The van der Waals surface area contributed by atoms with Crippen molar-refractivity contribution in [3.8, 4) is 0 Å². The maximum Gasteiger partial charge on any atom is 0.330 e. The molecule has 0 bridgehead atoms. The van der Waals surface area contributed by atoms with Crippen molar-refractivity contribution in [1.82, 2.24) is 16.0 Å². The Morgan fingerprint density at radius 1 is 0.675 bits per heavy atom. The summed E-state index contributed by atoms with van der Waals surface area (Å²) >= 11 is 0. The Balaban J connectivity index is 3.85. The lowest BCUT2D eigenvalue weighted by molar-refractivity contribution is -0.135. The Morgan fingerprint density at radius 3 is 1.65 bits per heavy atom. The standard InChI is InChI=1S/C32H47N3O5/c1-4-5-6-7-8-9-10-11-12-13-14-15-16-17-18-19-20-21-22-23-30(37)35-28(2)32(39)34-27-26-33-29(36)24-25-31(38)40-3/h5-6,8-9,11-12,14-15,17-18,20-21,24-25,28H,4,7,10,13,16,19,22-23,26-27H2,1-3H3,(H,33,36)(H,34,39)(H,35,37)/t28-/m0/s1. The summed E-state index contributed by atoms with van der Waals surface area (Å²) < 4.78 is 4.39. The minimum Gasteiger partial charge on any atom is -0.466 e. The summed E-state index contributed by atoms with van der Waals surface area (Å²) in [4.78, 5) is 46.6. The van der Waals surface area contributed by atoms with Gasteiger partial charge in [0.2, 0.25) is 17.7 Å². The molecule has 0 radical (unpaired) electrons. The fourth-order valence-electron chi connectivity index (χ4n) is 3.03. The van der Waals surface area contributed by atoms with Crippen LogP contribution in [0.25, 0.3) is 0 Å². The normalized spacial score (nSPS) is 13.0. The fraction of sp³-hybridized carbons (Fsp3) is 0.438. The smallest absolute Gasteiger partial charge is 0.330 e. The highest BCUT2D eigenvalue weighted by atomic mass is 16.5. The number of nitrogens with one attached hydrogen (secondary N) is 3. The first-order valence-electron chi connectivity index (χ1n) is 13.9. The third kappa shape index (κ3) is 24.4. The lowest BCUT2D eigenvalue weighted by Gasteiger charge is -2.14. The molecule has 3 amide bonds. The van der Waals surface area contributed by atoms with Crippen molar-refractivity contribution in [3.63, 3.8) is 0 Å². The van der Waals surface area contributed by atoms with Crippen LogP contribution < -0.4 is 16.0 Å². The predicted octanol–water partition coefficient (Wildman–Crippen LogP) is 4.93. The van der Waals surface area contributed by atoms with E-state index in [-0.39, 0.29) is 24.9 Å². The molecule has 40 heavy (non-hydrogen) atoms. The number of hydrogen-bond acceptors (Lipinski definition) is 5. The number of esters is 1. The molecule has 0 saturated carbocycles. The third-order valence-corrected chi connectivity index (χ3v) is 5.20. The van der Waals surface area contributed by atoms with Gasteiger partial charge >= 0.3 is 5.97 Å². The molecule has 0 spiro atoms. The summed E-state index contributed by atoms with van der Waals surface area (Å²) in [7, 11) is 1.21. The van der Waals surface area contributed by atoms with E-state index in [4.69, 9.17) is 0 Å². The van der Waals surface area contributed by atoms with Crippen LogP contribution in [0.15, 0.2) is 85.1 Å². The van der Waals surface area contributed by atoms with Gasteiger partial charge in [0.1, 0.15) is 6.04 Å². The monoisotopic (exact) mass is 553 g/mol. The zero-order chi connectivity index (χ0) is 29.7. The van der Waals surface area contributed by atoms with Gasteiger partial charge in [0.15, 0.2) is 0 Å². The second kappa shape index (κ2) is 26.7. The second-order valence-corrected chi connectivity index (χ2v) is 8.68. The molecule has 3 N–H and O–H groups in total. The van der Waals surface area contributed by atoms with E-state index in [1.54, 1.807) is 6.92 Å². The number of rotatable bonds is 21. The van der Waals surface area contributed by atoms with E-state index in [0.717, 1.165) is 50.7 Å². The Bertz CT molecular complexity index is 942. The second-order valence-electron chi connectivity index (χ2n) is 8.68. The Labute approximate surface area is 240 Å². The Morgan fingerprint density at radius 2 is 1.15 bits per heavy atom. The lowest BCUT2D eigenvalue weighted by Crippen LogP contribution is -2.46. The number of amides is 3. The molecule has 0 aromatic rings. The minimum absolute atomic E-state index is 0.180. The van der Waals surface area contributed by atoms with Crippen LogP contribution in [0.4, 0.5) is 0 Å². The van der Waals surface area contributed by atoms with Crippen molar-refractivity contribution >= 4 is 23.7 Å². The SMILES string of the molecule is CCC=CCC=CCC=CCC=CCC=CCC=CCCC(=O)N[C@@H](C)C(=O)NCCNC(=O)C=CC(=O)OC.